The zero-order valence-electron chi connectivity index (χ0n) is 13.8. The van der Waals surface area contributed by atoms with Gasteiger partial charge in [0.15, 0.2) is 6.61 Å². The fourth-order valence-electron chi connectivity index (χ4n) is 2.11. The molecule has 0 atom stereocenters. The van der Waals surface area contributed by atoms with Crippen LogP contribution in [0.15, 0.2) is 48.5 Å². The average molecular weight is 353 g/mol. The van der Waals surface area contributed by atoms with Crippen LogP contribution in [-0.2, 0) is 17.5 Å². The molecule has 1 amide bonds. The zero-order valence-corrected chi connectivity index (χ0v) is 13.8. The van der Waals surface area contributed by atoms with Crippen LogP contribution in [-0.4, -0.2) is 31.6 Å². The molecule has 25 heavy (non-hydrogen) atoms. The van der Waals surface area contributed by atoms with Crippen molar-refractivity contribution in [1.29, 1.82) is 0 Å². The Balaban J connectivity index is 1.90. The maximum absolute atomic E-state index is 12.7. The van der Waals surface area contributed by atoms with E-state index in [1.807, 2.05) is 12.1 Å². The Morgan fingerprint density at radius 1 is 1.08 bits per heavy atom. The lowest BCUT2D eigenvalue weighted by molar-refractivity contribution is -0.137. The summed E-state index contributed by atoms with van der Waals surface area (Å²) in [6.07, 6.45) is -4.45. The smallest absolute Gasteiger partial charge is 0.416 e. The first kappa shape index (κ1) is 18.6. The van der Waals surface area contributed by atoms with Crippen LogP contribution in [0.25, 0.3) is 0 Å². The molecule has 0 bridgehead atoms. The van der Waals surface area contributed by atoms with Crippen LogP contribution in [0.4, 0.5) is 13.2 Å². The first-order valence-corrected chi connectivity index (χ1v) is 7.46. The number of amides is 1. The van der Waals surface area contributed by atoms with E-state index in [1.54, 1.807) is 26.3 Å². The van der Waals surface area contributed by atoms with Crippen molar-refractivity contribution in [2.45, 2.75) is 12.7 Å². The number of likely N-dealkylation sites (N-methyl/N-ethyl adjacent to an activating group) is 1. The minimum atomic E-state index is -4.45. The second-order valence-electron chi connectivity index (χ2n) is 5.41. The Morgan fingerprint density at radius 2 is 1.76 bits per heavy atom. The molecule has 0 aliphatic heterocycles. The number of nitrogens with zero attached hydrogens (tertiary/aromatic N) is 1. The molecule has 2 rings (SSSR count). The van der Waals surface area contributed by atoms with E-state index in [0.29, 0.717) is 12.3 Å². The van der Waals surface area contributed by atoms with Crippen molar-refractivity contribution >= 4 is 5.91 Å². The third-order valence-electron chi connectivity index (χ3n) is 3.53. The van der Waals surface area contributed by atoms with E-state index in [2.05, 4.69) is 0 Å². The van der Waals surface area contributed by atoms with Crippen LogP contribution in [0.2, 0.25) is 0 Å². The van der Waals surface area contributed by atoms with Gasteiger partial charge < -0.3 is 14.4 Å². The molecule has 0 unspecified atom stereocenters. The summed E-state index contributed by atoms with van der Waals surface area (Å²) in [6.45, 7) is 0.0166. The van der Waals surface area contributed by atoms with Crippen LogP contribution in [0.5, 0.6) is 11.5 Å². The monoisotopic (exact) mass is 353 g/mol. The van der Waals surface area contributed by atoms with Crippen molar-refractivity contribution in [1.82, 2.24) is 4.90 Å². The maximum atomic E-state index is 12.7. The highest BCUT2D eigenvalue weighted by Gasteiger charge is 2.30. The molecule has 0 heterocycles. The third-order valence-corrected chi connectivity index (χ3v) is 3.53. The molecule has 0 aliphatic rings. The minimum absolute atomic E-state index is 0.000947. The van der Waals surface area contributed by atoms with Gasteiger partial charge in [-0.25, -0.2) is 0 Å². The van der Waals surface area contributed by atoms with Gasteiger partial charge in [0.1, 0.15) is 11.5 Å². The summed E-state index contributed by atoms with van der Waals surface area (Å²) >= 11 is 0. The molecular formula is C18H18F3NO3. The number of carbonyl (C=O) groups is 1. The van der Waals surface area contributed by atoms with E-state index >= 15 is 0 Å². The van der Waals surface area contributed by atoms with Gasteiger partial charge in [-0.2, -0.15) is 13.2 Å². The summed E-state index contributed by atoms with van der Waals surface area (Å²) in [5.41, 5.74) is 0.0831. The first-order valence-electron chi connectivity index (χ1n) is 7.46. The number of carbonyl (C=O) groups excluding carboxylic acids is 1. The number of rotatable bonds is 6. The summed E-state index contributed by atoms with van der Waals surface area (Å²) in [5.74, 6) is 0.375. The Labute approximate surface area is 143 Å². The molecule has 0 saturated carbocycles. The average Bonchev–Trinajstić information content (AvgIpc) is 2.59. The topological polar surface area (TPSA) is 38.8 Å². The van der Waals surface area contributed by atoms with Gasteiger partial charge in [-0.15, -0.1) is 0 Å². The second kappa shape index (κ2) is 7.92. The molecule has 2 aromatic rings. The van der Waals surface area contributed by atoms with Gasteiger partial charge in [0, 0.05) is 13.6 Å². The predicted molar refractivity (Wildman–Crippen MR) is 86.4 cm³/mol. The number of alkyl halides is 3. The fourth-order valence-corrected chi connectivity index (χ4v) is 2.11. The lowest BCUT2D eigenvalue weighted by atomic mass is 10.2. The van der Waals surface area contributed by atoms with Gasteiger partial charge in [-0.05, 0) is 35.9 Å². The second-order valence-corrected chi connectivity index (χ2v) is 5.41. The van der Waals surface area contributed by atoms with Crippen molar-refractivity contribution < 1.29 is 27.4 Å². The summed E-state index contributed by atoms with van der Waals surface area (Å²) in [4.78, 5) is 13.5. The molecule has 0 fully saturated rings. The molecule has 0 N–H and O–H groups in total. The predicted octanol–water partition coefficient (Wildman–Crippen LogP) is 3.75. The van der Waals surface area contributed by atoms with E-state index in [4.69, 9.17) is 9.47 Å². The molecule has 0 radical (unpaired) electrons. The van der Waals surface area contributed by atoms with Gasteiger partial charge in [0.05, 0.1) is 12.7 Å². The van der Waals surface area contributed by atoms with Crippen LogP contribution in [0.3, 0.4) is 0 Å². The normalized spacial score (nSPS) is 11.1. The number of benzene rings is 2. The third kappa shape index (κ3) is 5.41. The van der Waals surface area contributed by atoms with Crippen LogP contribution >= 0.6 is 0 Å². The van der Waals surface area contributed by atoms with Crippen LogP contribution in [0, 0.1) is 0 Å². The minimum Gasteiger partial charge on any atom is -0.497 e. The highest BCUT2D eigenvalue weighted by atomic mass is 19.4. The summed E-state index contributed by atoms with van der Waals surface area (Å²) in [6, 6.07) is 11.7. The quantitative estimate of drug-likeness (QED) is 0.794. The molecular weight excluding hydrogens is 335 g/mol. The molecule has 0 aliphatic carbocycles. The number of hydrogen-bond donors (Lipinski definition) is 0. The van der Waals surface area contributed by atoms with Crippen molar-refractivity contribution in [3.63, 3.8) is 0 Å². The Kier molecular flexibility index (Phi) is 5.90. The standard InChI is InChI=1S/C18H18F3NO3/c1-22(11-13-6-8-15(24-2)9-7-13)17(23)12-25-16-5-3-4-14(10-16)18(19,20)21/h3-10H,11-12H2,1-2H3. The van der Waals surface area contributed by atoms with E-state index in [0.717, 1.165) is 17.7 Å². The van der Waals surface area contributed by atoms with Gasteiger partial charge in [0.2, 0.25) is 0 Å². The zero-order chi connectivity index (χ0) is 18.4. The van der Waals surface area contributed by atoms with E-state index in [9.17, 15) is 18.0 Å². The van der Waals surface area contributed by atoms with E-state index in [-0.39, 0.29) is 18.3 Å². The van der Waals surface area contributed by atoms with Crippen molar-refractivity contribution in [3.8, 4) is 11.5 Å². The van der Waals surface area contributed by atoms with E-state index in [1.165, 1.54) is 17.0 Å². The van der Waals surface area contributed by atoms with Gasteiger partial charge in [-0.3, -0.25) is 4.79 Å². The largest absolute Gasteiger partial charge is 0.497 e. The van der Waals surface area contributed by atoms with Gasteiger partial charge in [-0.1, -0.05) is 18.2 Å². The lowest BCUT2D eigenvalue weighted by Crippen LogP contribution is -2.30. The first-order chi connectivity index (χ1) is 11.8. The molecule has 2 aromatic carbocycles. The Morgan fingerprint density at radius 3 is 2.36 bits per heavy atom. The SMILES string of the molecule is COc1ccc(CN(C)C(=O)COc2cccc(C(F)(F)F)c2)cc1. The van der Waals surface area contributed by atoms with Gasteiger partial charge >= 0.3 is 6.18 Å². The Bertz CT molecular complexity index is 714. The number of methoxy groups -OCH3 is 1. The Hall–Kier alpha value is -2.70. The molecule has 134 valence electrons. The number of hydrogen-bond acceptors (Lipinski definition) is 3. The number of ether oxygens (including phenoxy) is 2. The maximum Gasteiger partial charge on any atom is 0.416 e. The van der Waals surface area contributed by atoms with E-state index < -0.39 is 11.7 Å². The highest BCUT2D eigenvalue weighted by molar-refractivity contribution is 5.77. The highest BCUT2D eigenvalue weighted by Crippen LogP contribution is 2.31. The lowest BCUT2D eigenvalue weighted by Gasteiger charge is -2.18. The number of halogens is 3. The molecule has 0 saturated heterocycles. The summed E-state index contributed by atoms with van der Waals surface area (Å²) in [7, 11) is 3.16. The molecule has 4 nitrogen and oxygen atoms in total. The van der Waals surface area contributed by atoms with Crippen molar-refractivity contribution in [2.75, 3.05) is 20.8 Å². The summed E-state index contributed by atoms with van der Waals surface area (Å²) < 4.78 is 48.2. The van der Waals surface area contributed by atoms with Crippen molar-refractivity contribution in [2.24, 2.45) is 0 Å². The molecule has 0 spiro atoms. The molecule has 7 heteroatoms. The van der Waals surface area contributed by atoms with Crippen LogP contribution in [0.1, 0.15) is 11.1 Å². The summed E-state index contributed by atoms with van der Waals surface area (Å²) in [5, 5.41) is 0. The fraction of sp³-hybridized carbons (Fsp3) is 0.278. The van der Waals surface area contributed by atoms with Gasteiger partial charge in [0.25, 0.3) is 5.91 Å². The van der Waals surface area contributed by atoms with Crippen LogP contribution < -0.4 is 9.47 Å². The van der Waals surface area contributed by atoms with Crippen molar-refractivity contribution in [3.05, 3.63) is 59.7 Å². The molecule has 0 aromatic heterocycles.